The van der Waals surface area contributed by atoms with Crippen LogP contribution >= 0.6 is 0 Å². The number of nitrogens with zero attached hydrogens (tertiary/aromatic N) is 1. The van der Waals surface area contributed by atoms with E-state index in [0.29, 0.717) is 38.3 Å². The summed E-state index contributed by atoms with van der Waals surface area (Å²) in [7, 11) is 0. The number of fused-ring (bicyclic) bond motifs is 1. The average Bonchev–Trinajstić information content (AvgIpc) is 3.11. The zero-order valence-corrected chi connectivity index (χ0v) is 26.5. The van der Waals surface area contributed by atoms with Crippen LogP contribution in [-0.2, 0) is 35.6 Å². The van der Waals surface area contributed by atoms with Gasteiger partial charge in [-0.05, 0) is 73.2 Å². The lowest BCUT2D eigenvalue weighted by Gasteiger charge is -2.29. The zero-order chi connectivity index (χ0) is 32.6. The number of β-amino-alcohol motifs (C(OH)–C–C–N with tert-alkyl or cyclic N) is 1. The Bertz CT molecular complexity index is 1490. The van der Waals surface area contributed by atoms with Gasteiger partial charge in [0.2, 0.25) is 11.8 Å². The van der Waals surface area contributed by atoms with Crippen LogP contribution < -0.4 is 21.3 Å². The number of halogens is 1. The second-order valence-electron chi connectivity index (χ2n) is 12.3. The Morgan fingerprint density at radius 2 is 1.78 bits per heavy atom. The Morgan fingerprint density at radius 3 is 2.49 bits per heavy atom. The minimum absolute atomic E-state index is 0.0985. The highest BCUT2D eigenvalue weighted by atomic mass is 19.1. The smallest absolute Gasteiger partial charge is 0.315 e. The fourth-order valence-corrected chi connectivity index (χ4v) is 5.49. The standard InChI is InChI=1S/C35H44FN5O4/c1-5-37-34(45)38-20-26-8-6-7-9-30(26)25-12-10-24(11-13-25)21-41-22-27-14-15-29(36)16-28(27)17-31(33(41)44)40-32(43)18-35(3,4)39-19-23(2)42/h6-16,23,31,39,42H,5,17-22H2,1-4H3,(H,40,43)(H2,37,38,45)/t23-,31-/m1/s1. The largest absolute Gasteiger partial charge is 0.392 e. The molecule has 240 valence electrons. The fraction of sp³-hybridized carbons (Fsp3) is 0.400. The van der Waals surface area contributed by atoms with Crippen molar-refractivity contribution in [1.29, 1.82) is 0 Å². The molecule has 0 saturated heterocycles. The third kappa shape index (κ3) is 9.60. The van der Waals surface area contributed by atoms with Crippen LogP contribution in [0.1, 0.15) is 56.4 Å². The number of hydrogen-bond acceptors (Lipinski definition) is 5. The molecule has 0 saturated carbocycles. The maximum absolute atomic E-state index is 14.2. The second-order valence-corrected chi connectivity index (χ2v) is 12.3. The van der Waals surface area contributed by atoms with Gasteiger partial charge in [0.15, 0.2) is 0 Å². The number of hydrogen-bond donors (Lipinski definition) is 5. The Kier molecular flexibility index (Phi) is 11.3. The summed E-state index contributed by atoms with van der Waals surface area (Å²) < 4.78 is 14.2. The summed E-state index contributed by atoms with van der Waals surface area (Å²) in [6.07, 6.45) is -0.271. The molecule has 45 heavy (non-hydrogen) atoms. The number of carbonyl (C=O) groups is 3. The van der Waals surface area contributed by atoms with Crippen LogP contribution in [0.15, 0.2) is 66.7 Å². The van der Waals surface area contributed by atoms with Crippen molar-refractivity contribution in [2.24, 2.45) is 0 Å². The maximum atomic E-state index is 14.2. The Morgan fingerprint density at radius 1 is 1.04 bits per heavy atom. The van der Waals surface area contributed by atoms with Gasteiger partial charge in [0.1, 0.15) is 11.9 Å². The number of urea groups is 1. The Labute approximate surface area is 264 Å². The molecular formula is C35H44FN5O4. The van der Waals surface area contributed by atoms with Gasteiger partial charge >= 0.3 is 6.03 Å². The predicted molar refractivity (Wildman–Crippen MR) is 172 cm³/mol. The third-order valence-corrected chi connectivity index (χ3v) is 7.81. The predicted octanol–water partition coefficient (Wildman–Crippen LogP) is 4.02. The first-order valence-corrected chi connectivity index (χ1v) is 15.4. The molecule has 5 N–H and O–H groups in total. The molecule has 1 heterocycles. The highest BCUT2D eigenvalue weighted by molar-refractivity contribution is 5.89. The Balaban J connectivity index is 1.50. The highest BCUT2D eigenvalue weighted by Crippen LogP contribution is 2.26. The van der Waals surface area contributed by atoms with Crippen molar-refractivity contribution in [3.63, 3.8) is 0 Å². The van der Waals surface area contributed by atoms with Gasteiger partial charge in [-0.3, -0.25) is 9.59 Å². The Hall–Kier alpha value is -4.28. The van der Waals surface area contributed by atoms with Crippen molar-refractivity contribution in [3.05, 3.63) is 94.8 Å². The minimum atomic E-state index is -0.850. The lowest BCUT2D eigenvalue weighted by molar-refractivity contribution is -0.137. The van der Waals surface area contributed by atoms with Gasteiger partial charge in [-0.15, -0.1) is 0 Å². The summed E-state index contributed by atoms with van der Waals surface area (Å²) in [6.45, 7) is 9.12. The molecule has 1 aliphatic rings. The summed E-state index contributed by atoms with van der Waals surface area (Å²) >= 11 is 0. The number of nitrogens with one attached hydrogen (secondary N) is 4. The van der Waals surface area contributed by atoms with E-state index in [1.807, 2.05) is 69.3 Å². The van der Waals surface area contributed by atoms with Crippen LogP contribution in [-0.4, -0.2) is 58.6 Å². The van der Waals surface area contributed by atoms with E-state index >= 15 is 0 Å². The molecule has 0 spiro atoms. The van der Waals surface area contributed by atoms with Crippen molar-refractivity contribution in [3.8, 4) is 11.1 Å². The van der Waals surface area contributed by atoms with Gasteiger partial charge in [0.25, 0.3) is 0 Å². The van der Waals surface area contributed by atoms with Crippen molar-refractivity contribution >= 4 is 17.8 Å². The number of rotatable bonds is 12. The molecule has 0 bridgehead atoms. The lowest BCUT2D eigenvalue weighted by Crippen LogP contribution is -2.51. The molecule has 10 heteroatoms. The van der Waals surface area contributed by atoms with Crippen molar-refractivity contribution in [2.45, 2.75) is 77.9 Å². The SMILES string of the molecule is CCNC(=O)NCc1ccccc1-c1ccc(CN2Cc3ccc(F)cc3C[C@@H](NC(=O)CC(C)(C)NC[C@@H](C)O)C2=O)cc1. The quantitative estimate of drug-likeness (QED) is 0.210. The van der Waals surface area contributed by atoms with Crippen LogP contribution in [0.4, 0.5) is 9.18 Å². The van der Waals surface area contributed by atoms with Gasteiger partial charge < -0.3 is 31.3 Å². The van der Waals surface area contributed by atoms with Crippen molar-refractivity contribution in [1.82, 2.24) is 26.2 Å². The molecule has 0 unspecified atom stereocenters. The fourth-order valence-electron chi connectivity index (χ4n) is 5.49. The number of carbonyl (C=O) groups excluding carboxylic acids is 3. The van der Waals surface area contributed by atoms with E-state index in [4.69, 9.17) is 0 Å². The van der Waals surface area contributed by atoms with Gasteiger partial charge in [-0.2, -0.15) is 0 Å². The molecular weight excluding hydrogens is 573 g/mol. The molecule has 4 amide bonds. The molecule has 0 aromatic heterocycles. The number of amides is 4. The van der Waals surface area contributed by atoms with Crippen LogP contribution in [0.25, 0.3) is 11.1 Å². The van der Waals surface area contributed by atoms with E-state index in [2.05, 4.69) is 21.3 Å². The summed E-state index contributed by atoms with van der Waals surface area (Å²) in [6, 6.07) is 19.3. The number of aliphatic hydroxyl groups excluding tert-OH is 1. The average molecular weight is 618 g/mol. The van der Waals surface area contributed by atoms with E-state index in [1.54, 1.807) is 17.9 Å². The van der Waals surface area contributed by atoms with Crippen LogP contribution in [0.2, 0.25) is 0 Å². The second kappa shape index (κ2) is 15.1. The lowest BCUT2D eigenvalue weighted by atomic mass is 9.98. The van der Waals surface area contributed by atoms with Crippen LogP contribution in [0, 0.1) is 5.82 Å². The third-order valence-electron chi connectivity index (χ3n) is 7.81. The molecule has 0 radical (unpaired) electrons. The minimum Gasteiger partial charge on any atom is -0.392 e. The van der Waals surface area contributed by atoms with Crippen molar-refractivity contribution < 1.29 is 23.9 Å². The highest BCUT2D eigenvalue weighted by Gasteiger charge is 2.32. The molecule has 4 rings (SSSR count). The molecule has 9 nitrogen and oxygen atoms in total. The molecule has 3 aromatic carbocycles. The molecule has 1 aliphatic heterocycles. The number of benzene rings is 3. The molecule has 0 fully saturated rings. The summed E-state index contributed by atoms with van der Waals surface area (Å²) in [5.74, 6) is -0.929. The van der Waals surface area contributed by atoms with Gasteiger partial charge in [0, 0.05) is 51.1 Å². The van der Waals surface area contributed by atoms with E-state index in [0.717, 1.165) is 27.8 Å². The van der Waals surface area contributed by atoms with Crippen LogP contribution in [0.5, 0.6) is 0 Å². The first-order valence-electron chi connectivity index (χ1n) is 15.4. The monoisotopic (exact) mass is 617 g/mol. The van der Waals surface area contributed by atoms with Gasteiger partial charge in [0.05, 0.1) is 6.10 Å². The van der Waals surface area contributed by atoms with Crippen LogP contribution in [0.3, 0.4) is 0 Å². The zero-order valence-electron chi connectivity index (χ0n) is 26.5. The first kappa shape index (κ1) is 33.6. The molecule has 0 aliphatic carbocycles. The van der Waals surface area contributed by atoms with E-state index < -0.39 is 17.7 Å². The van der Waals surface area contributed by atoms with Gasteiger partial charge in [-0.25, -0.2) is 9.18 Å². The van der Waals surface area contributed by atoms with E-state index in [-0.39, 0.29) is 36.5 Å². The molecule has 2 atom stereocenters. The summed E-state index contributed by atoms with van der Waals surface area (Å²) in [5, 5.41) is 21.3. The van der Waals surface area contributed by atoms with E-state index in [1.165, 1.54) is 12.1 Å². The molecule has 3 aromatic rings. The normalized spacial score (nSPS) is 15.6. The van der Waals surface area contributed by atoms with Gasteiger partial charge in [-0.1, -0.05) is 54.6 Å². The van der Waals surface area contributed by atoms with Crippen molar-refractivity contribution in [2.75, 3.05) is 13.1 Å². The topological polar surface area (TPSA) is 123 Å². The maximum Gasteiger partial charge on any atom is 0.315 e. The summed E-state index contributed by atoms with van der Waals surface area (Å²) in [5.41, 5.74) is 4.79. The van der Waals surface area contributed by atoms with E-state index in [9.17, 15) is 23.9 Å². The first-order chi connectivity index (χ1) is 21.4. The number of aliphatic hydroxyl groups is 1. The summed E-state index contributed by atoms with van der Waals surface area (Å²) in [4.78, 5) is 40.6.